The minimum atomic E-state index is -3.50. The van der Waals surface area contributed by atoms with Crippen molar-refractivity contribution in [1.82, 2.24) is 9.71 Å². The number of nitrogens with one attached hydrogen (secondary N) is 1. The summed E-state index contributed by atoms with van der Waals surface area (Å²) in [4.78, 5) is 4.30. The Morgan fingerprint density at radius 3 is 2.83 bits per heavy atom. The molecule has 1 aliphatic rings. The number of hydrogen-bond donors (Lipinski definition) is 1. The highest BCUT2D eigenvalue weighted by molar-refractivity contribution is 7.91. The molecule has 0 amide bonds. The molecule has 132 valence electrons. The molecule has 1 atom stereocenters. The number of para-hydroxylation sites is 1. The molecule has 0 radical (unpaired) electrons. The molecule has 0 spiro atoms. The highest BCUT2D eigenvalue weighted by atomic mass is 32.2. The van der Waals surface area contributed by atoms with E-state index < -0.39 is 19.9 Å². The summed E-state index contributed by atoms with van der Waals surface area (Å²) in [5.41, 5.74) is 2.32. The Labute approximate surface area is 141 Å². The van der Waals surface area contributed by atoms with Gasteiger partial charge in [-0.1, -0.05) is 12.1 Å². The Morgan fingerprint density at radius 2 is 2.17 bits per heavy atom. The summed E-state index contributed by atoms with van der Waals surface area (Å²) in [7, 11) is -6.47. The topological polar surface area (TPSA) is 106 Å². The summed E-state index contributed by atoms with van der Waals surface area (Å²) < 4.78 is 55.0. The second-order valence-corrected chi connectivity index (χ2v) is 10.4. The molecule has 24 heavy (non-hydrogen) atoms. The zero-order valence-corrected chi connectivity index (χ0v) is 15.0. The maximum atomic E-state index is 12.1. The molecule has 7 nitrogen and oxygen atoms in total. The molecule has 9 heteroatoms. The third-order valence-corrected chi connectivity index (χ3v) is 7.42. The van der Waals surface area contributed by atoms with Crippen molar-refractivity contribution in [1.29, 1.82) is 0 Å². The van der Waals surface area contributed by atoms with Gasteiger partial charge < -0.3 is 4.42 Å². The second-order valence-electron chi connectivity index (χ2n) is 6.23. The van der Waals surface area contributed by atoms with Crippen LogP contribution < -0.4 is 4.72 Å². The zero-order chi connectivity index (χ0) is 17.4. The summed E-state index contributed by atoms with van der Waals surface area (Å²) >= 11 is 0. The van der Waals surface area contributed by atoms with Crippen molar-refractivity contribution in [3.63, 3.8) is 0 Å². The lowest BCUT2D eigenvalue weighted by Crippen LogP contribution is -2.27. The van der Waals surface area contributed by atoms with Gasteiger partial charge >= 0.3 is 0 Å². The van der Waals surface area contributed by atoms with Gasteiger partial charge in [-0.3, -0.25) is 0 Å². The number of benzene rings is 1. The van der Waals surface area contributed by atoms with Crippen LogP contribution in [0, 0.1) is 12.8 Å². The van der Waals surface area contributed by atoms with Crippen molar-refractivity contribution < 1.29 is 21.3 Å². The molecule has 1 N–H and O–H groups in total. The summed E-state index contributed by atoms with van der Waals surface area (Å²) in [5, 5.41) is 0. The number of oxazole rings is 1. The van der Waals surface area contributed by atoms with Crippen LogP contribution in [-0.2, 0) is 26.4 Å². The van der Waals surface area contributed by atoms with Gasteiger partial charge in [-0.2, -0.15) is 0 Å². The highest BCUT2D eigenvalue weighted by Gasteiger charge is 2.28. The van der Waals surface area contributed by atoms with Crippen LogP contribution in [0.1, 0.15) is 24.3 Å². The number of aromatic nitrogens is 1. The van der Waals surface area contributed by atoms with E-state index >= 15 is 0 Å². The molecule has 1 aromatic carbocycles. The van der Waals surface area contributed by atoms with E-state index in [0.717, 1.165) is 11.1 Å². The SMILES string of the molecule is Cc1cccc2oc(CNS(=O)(=O)CCC3CCS(=O)(=O)C3)nc12. The Kier molecular flexibility index (Phi) is 4.67. The number of rotatable bonds is 6. The van der Waals surface area contributed by atoms with Crippen LogP contribution in [-0.4, -0.2) is 39.1 Å². The van der Waals surface area contributed by atoms with Crippen LogP contribution in [0.3, 0.4) is 0 Å². The first kappa shape index (κ1) is 17.4. The molecule has 1 saturated heterocycles. The minimum Gasteiger partial charge on any atom is -0.439 e. The fraction of sp³-hybridized carbons (Fsp3) is 0.533. The van der Waals surface area contributed by atoms with Crippen LogP contribution in [0.4, 0.5) is 0 Å². The molecule has 0 bridgehead atoms. The Hall–Kier alpha value is -1.45. The molecule has 1 fully saturated rings. The van der Waals surface area contributed by atoms with Crippen LogP contribution >= 0.6 is 0 Å². The first-order valence-corrected chi connectivity index (χ1v) is 11.2. The Bertz CT molecular complexity index is 947. The van der Waals surface area contributed by atoms with Gasteiger partial charge in [-0.15, -0.1) is 0 Å². The van der Waals surface area contributed by atoms with Gasteiger partial charge in [-0.25, -0.2) is 26.5 Å². The largest absolute Gasteiger partial charge is 0.439 e. The van der Waals surface area contributed by atoms with Crippen LogP contribution in [0.15, 0.2) is 22.6 Å². The van der Waals surface area contributed by atoms with Crippen molar-refractivity contribution in [2.75, 3.05) is 17.3 Å². The number of fused-ring (bicyclic) bond motifs is 1. The molecule has 3 rings (SSSR count). The van der Waals surface area contributed by atoms with E-state index in [-0.39, 0.29) is 29.7 Å². The fourth-order valence-electron chi connectivity index (χ4n) is 2.87. The average molecular weight is 372 g/mol. The smallest absolute Gasteiger partial charge is 0.212 e. The normalized spacial score (nSPS) is 20.6. The van der Waals surface area contributed by atoms with E-state index in [4.69, 9.17) is 4.42 Å². The van der Waals surface area contributed by atoms with Crippen molar-refractivity contribution in [3.8, 4) is 0 Å². The van der Waals surface area contributed by atoms with Gasteiger partial charge in [0.15, 0.2) is 15.4 Å². The van der Waals surface area contributed by atoms with Crippen molar-refractivity contribution >= 4 is 31.0 Å². The van der Waals surface area contributed by atoms with E-state index in [1.54, 1.807) is 6.07 Å². The summed E-state index contributed by atoms with van der Waals surface area (Å²) in [6.45, 7) is 1.90. The lowest BCUT2D eigenvalue weighted by molar-refractivity contribution is 0.509. The van der Waals surface area contributed by atoms with Crippen molar-refractivity contribution in [2.45, 2.75) is 26.3 Å². The summed E-state index contributed by atoms with van der Waals surface area (Å²) in [6.07, 6.45) is 0.892. The van der Waals surface area contributed by atoms with E-state index in [2.05, 4.69) is 9.71 Å². The predicted octanol–water partition coefficient (Wildman–Crippen LogP) is 1.38. The maximum Gasteiger partial charge on any atom is 0.212 e. The van der Waals surface area contributed by atoms with Gasteiger partial charge in [0.2, 0.25) is 15.9 Å². The van der Waals surface area contributed by atoms with Gasteiger partial charge in [0, 0.05) is 0 Å². The molecule has 2 heterocycles. The van der Waals surface area contributed by atoms with Gasteiger partial charge in [0.05, 0.1) is 23.8 Å². The highest BCUT2D eigenvalue weighted by Crippen LogP contribution is 2.22. The number of hydrogen-bond acceptors (Lipinski definition) is 6. The molecule has 1 aromatic heterocycles. The standard InChI is InChI=1S/C15H20N2O5S2/c1-11-3-2-4-13-15(11)17-14(22-13)9-16-24(20,21)8-6-12-5-7-23(18,19)10-12/h2-4,12,16H,5-10H2,1H3. The Morgan fingerprint density at radius 1 is 1.38 bits per heavy atom. The van der Waals surface area contributed by atoms with E-state index in [1.807, 2.05) is 19.1 Å². The fourth-order valence-corrected chi connectivity index (χ4v) is 5.92. The third kappa shape index (κ3) is 4.14. The third-order valence-electron chi connectivity index (χ3n) is 4.23. The number of aryl methyl sites for hydroxylation is 1. The number of nitrogens with zero attached hydrogens (tertiary/aromatic N) is 1. The monoisotopic (exact) mass is 372 g/mol. The molecule has 1 unspecified atom stereocenters. The van der Waals surface area contributed by atoms with E-state index in [0.29, 0.717) is 24.3 Å². The maximum absolute atomic E-state index is 12.1. The molecule has 2 aromatic rings. The van der Waals surface area contributed by atoms with Crippen molar-refractivity contribution in [3.05, 3.63) is 29.7 Å². The van der Waals surface area contributed by atoms with Gasteiger partial charge in [0.25, 0.3) is 0 Å². The van der Waals surface area contributed by atoms with E-state index in [1.165, 1.54) is 0 Å². The lowest BCUT2D eigenvalue weighted by atomic mass is 10.1. The average Bonchev–Trinajstić information content (AvgIpc) is 3.07. The molecule has 0 saturated carbocycles. The summed E-state index contributed by atoms with van der Waals surface area (Å²) in [6, 6.07) is 5.55. The number of sulfone groups is 1. The molecule has 1 aliphatic heterocycles. The van der Waals surface area contributed by atoms with Crippen LogP contribution in [0.2, 0.25) is 0 Å². The molecule has 0 aliphatic carbocycles. The van der Waals surface area contributed by atoms with Crippen LogP contribution in [0.5, 0.6) is 0 Å². The van der Waals surface area contributed by atoms with E-state index in [9.17, 15) is 16.8 Å². The van der Waals surface area contributed by atoms with Crippen molar-refractivity contribution in [2.24, 2.45) is 5.92 Å². The molecular weight excluding hydrogens is 352 g/mol. The summed E-state index contributed by atoms with van der Waals surface area (Å²) in [5.74, 6) is 0.400. The Balaban J connectivity index is 1.57. The van der Waals surface area contributed by atoms with Crippen LogP contribution in [0.25, 0.3) is 11.1 Å². The number of sulfonamides is 1. The van der Waals surface area contributed by atoms with Gasteiger partial charge in [-0.05, 0) is 37.3 Å². The molecular formula is C15H20N2O5S2. The predicted molar refractivity (Wildman–Crippen MR) is 90.8 cm³/mol. The quantitative estimate of drug-likeness (QED) is 0.821. The zero-order valence-electron chi connectivity index (χ0n) is 13.4. The van der Waals surface area contributed by atoms with Gasteiger partial charge in [0.1, 0.15) is 5.52 Å². The minimum absolute atomic E-state index is 0.0145. The first-order chi connectivity index (χ1) is 11.2. The lowest BCUT2D eigenvalue weighted by Gasteiger charge is -2.08. The first-order valence-electron chi connectivity index (χ1n) is 7.77. The second kappa shape index (κ2) is 6.45.